The van der Waals surface area contributed by atoms with Crippen LogP contribution in [0.2, 0.25) is 0 Å². The summed E-state index contributed by atoms with van der Waals surface area (Å²) in [5.41, 5.74) is 0.586. The van der Waals surface area contributed by atoms with Crippen molar-refractivity contribution in [1.29, 1.82) is 0 Å². The minimum Gasteiger partial charge on any atom is -0.506 e. The van der Waals surface area contributed by atoms with Gasteiger partial charge in [-0.05, 0) is 12.1 Å². The third-order valence-electron chi connectivity index (χ3n) is 4.64. The first kappa shape index (κ1) is 19.1. The van der Waals surface area contributed by atoms with Gasteiger partial charge in [-0.1, -0.05) is 12.1 Å². The highest BCUT2D eigenvalue weighted by molar-refractivity contribution is 7.18. The van der Waals surface area contributed by atoms with E-state index in [9.17, 15) is 19.5 Å². The predicted octanol–water partition coefficient (Wildman–Crippen LogP) is 1.10. The molecule has 1 aliphatic rings. The van der Waals surface area contributed by atoms with Crippen molar-refractivity contribution in [2.24, 2.45) is 0 Å². The molecule has 3 heterocycles. The van der Waals surface area contributed by atoms with Gasteiger partial charge in [0.1, 0.15) is 22.9 Å². The van der Waals surface area contributed by atoms with E-state index >= 15 is 0 Å². The van der Waals surface area contributed by atoms with E-state index in [1.54, 1.807) is 0 Å². The molecule has 10 heteroatoms. The molecule has 4 rings (SSSR count). The SMILES string of the molecule is O=C(O)CNC(=O)c1c(O)c2c(n(Cc3nc4ccccc4s3)c1=O)CCOC2. The molecule has 150 valence electrons. The first-order valence-corrected chi connectivity index (χ1v) is 9.67. The molecule has 1 aliphatic heterocycles. The number of aliphatic carboxylic acids is 1. The number of fused-ring (bicyclic) bond motifs is 2. The number of carboxylic acid groups (broad SMARTS) is 1. The Labute approximate surface area is 168 Å². The molecule has 0 radical (unpaired) electrons. The van der Waals surface area contributed by atoms with Gasteiger partial charge in [0.15, 0.2) is 0 Å². The molecule has 1 amide bonds. The van der Waals surface area contributed by atoms with E-state index < -0.39 is 35.3 Å². The summed E-state index contributed by atoms with van der Waals surface area (Å²) in [7, 11) is 0. The minimum absolute atomic E-state index is 0.0561. The third-order valence-corrected chi connectivity index (χ3v) is 5.67. The zero-order valence-corrected chi connectivity index (χ0v) is 16.0. The van der Waals surface area contributed by atoms with Crippen LogP contribution in [0.5, 0.6) is 5.75 Å². The van der Waals surface area contributed by atoms with Gasteiger partial charge in [0.25, 0.3) is 11.5 Å². The van der Waals surface area contributed by atoms with Crippen LogP contribution in [-0.2, 0) is 29.1 Å². The Bertz CT molecular complexity index is 1150. The van der Waals surface area contributed by atoms with Crippen LogP contribution in [0, 0.1) is 0 Å². The van der Waals surface area contributed by atoms with Crippen molar-refractivity contribution in [3.8, 4) is 5.75 Å². The summed E-state index contributed by atoms with van der Waals surface area (Å²) in [6.45, 7) is -0.0834. The molecule has 1 aromatic carbocycles. The summed E-state index contributed by atoms with van der Waals surface area (Å²) < 4.78 is 7.79. The molecule has 0 saturated heterocycles. The number of ether oxygens (including phenoxy) is 1. The highest BCUT2D eigenvalue weighted by Gasteiger charge is 2.28. The van der Waals surface area contributed by atoms with Gasteiger partial charge in [0, 0.05) is 17.7 Å². The molecule has 0 bridgehead atoms. The number of thiazole rings is 1. The molecule has 9 nitrogen and oxygen atoms in total. The maximum atomic E-state index is 13.1. The Hall–Kier alpha value is -3.24. The molecule has 0 aliphatic carbocycles. The Balaban J connectivity index is 1.81. The van der Waals surface area contributed by atoms with Gasteiger partial charge in [-0.3, -0.25) is 14.4 Å². The van der Waals surface area contributed by atoms with E-state index in [0.717, 1.165) is 10.2 Å². The second-order valence-electron chi connectivity index (χ2n) is 6.49. The average Bonchev–Trinajstić information content (AvgIpc) is 3.12. The minimum atomic E-state index is -1.26. The largest absolute Gasteiger partial charge is 0.506 e. The molecule has 3 N–H and O–H groups in total. The summed E-state index contributed by atoms with van der Waals surface area (Å²) in [6, 6.07) is 7.59. The van der Waals surface area contributed by atoms with Crippen LogP contribution < -0.4 is 10.9 Å². The number of para-hydroxylation sites is 1. The lowest BCUT2D eigenvalue weighted by Crippen LogP contribution is -2.38. The van der Waals surface area contributed by atoms with Crippen LogP contribution in [-0.4, -0.2) is 44.8 Å². The number of pyridine rings is 1. The fourth-order valence-electron chi connectivity index (χ4n) is 3.33. The van der Waals surface area contributed by atoms with Crippen molar-refractivity contribution in [2.45, 2.75) is 19.6 Å². The number of nitrogens with one attached hydrogen (secondary N) is 1. The van der Waals surface area contributed by atoms with Crippen molar-refractivity contribution in [2.75, 3.05) is 13.2 Å². The van der Waals surface area contributed by atoms with Crippen LogP contribution in [0.4, 0.5) is 0 Å². The van der Waals surface area contributed by atoms with Gasteiger partial charge >= 0.3 is 5.97 Å². The summed E-state index contributed by atoms with van der Waals surface area (Å²) in [5.74, 6) is -2.66. The number of benzene rings is 1. The second kappa shape index (κ2) is 7.64. The number of rotatable bonds is 5. The molecule has 3 aromatic rings. The Morgan fingerprint density at radius 1 is 1.31 bits per heavy atom. The zero-order chi connectivity index (χ0) is 20.5. The van der Waals surface area contributed by atoms with Gasteiger partial charge in [0.2, 0.25) is 0 Å². The lowest BCUT2D eigenvalue weighted by atomic mass is 10.0. The number of carbonyl (C=O) groups excluding carboxylic acids is 1. The molecule has 0 spiro atoms. The van der Waals surface area contributed by atoms with E-state index in [1.165, 1.54) is 15.9 Å². The highest BCUT2D eigenvalue weighted by Crippen LogP contribution is 2.29. The van der Waals surface area contributed by atoms with Gasteiger partial charge in [-0.2, -0.15) is 0 Å². The van der Waals surface area contributed by atoms with Crippen LogP contribution in [0.3, 0.4) is 0 Å². The van der Waals surface area contributed by atoms with Crippen molar-refractivity contribution in [3.63, 3.8) is 0 Å². The van der Waals surface area contributed by atoms with Crippen molar-refractivity contribution in [1.82, 2.24) is 14.9 Å². The highest BCUT2D eigenvalue weighted by atomic mass is 32.1. The zero-order valence-electron chi connectivity index (χ0n) is 15.2. The molecule has 0 unspecified atom stereocenters. The standard InChI is InChI=1S/C19H17N3O6S/c23-15(24)7-20-18(26)16-17(25)10-9-28-6-5-12(10)22(19(16)27)8-14-21-11-3-1-2-4-13(11)29-14/h1-4,25H,5-9H2,(H,20,26)(H,23,24). The quantitative estimate of drug-likeness (QED) is 0.569. The van der Waals surface area contributed by atoms with Gasteiger partial charge in [-0.15, -0.1) is 11.3 Å². The molecule has 0 atom stereocenters. The lowest BCUT2D eigenvalue weighted by Gasteiger charge is -2.23. The molecular weight excluding hydrogens is 398 g/mol. The number of hydrogen-bond donors (Lipinski definition) is 3. The summed E-state index contributed by atoms with van der Waals surface area (Å²) in [5, 5.41) is 22.1. The number of amides is 1. The molecule has 2 aromatic heterocycles. The predicted molar refractivity (Wildman–Crippen MR) is 104 cm³/mol. The Kier molecular flexibility index (Phi) is 5.03. The molecule has 29 heavy (non-hydrogen) atoms. The smallest absolute Gasteiger partial charge is 0.322 e. The topological polar surface area (TPSA) is 131 Å². The summed E-state index contributed by atoms with van der Waals surface area (Å²) >= 11 is 1.44. The normalized spacial score (nSPS) is 13.2. The van der Waals surface area contributed by atoms with Crippen molar-refractivity contribution >= 4 is 33.4 Å². The maximum absolute atomic E-state index is 13.1. The molecule has 0 fully saturated rings. The summed E-state index contributed by atoms with van der Waals surface area (Å²) in [4.78, 5) is 40.8. The first-order valence-electron chi connectivity index (χ1n) is 8.85. The molecular formula is C19H17N3O6S. The van der Waals surface area contributed by atoms with Gasteiger partial charge in [0.05, 0.1) is 30.0 Å². The van der Waals surface area contributed by atoms with Crippen molar-refractivity contribution in [3.05, 3.63) is 56.4 Å². The first-order chi connectivity index (χ1) is 14.0. The van der Waals surface area contributed by atoms with Crippen LogP contribution in [0.25, 0.3) is 10.2 Å². The maximum Gasteiger partial charge on any atom is 0.322 e. The fourth-order valence-corrected chi connectivity index (χ4v) is 4.29. The van der Waals surface area contributed by atoms with E-state index in [-0.39, 0.29) is 13.2 Å². The van der Waals surface area contributed by atoms with Crippen LogP contribution in [0.1, 0.15) is 26.6 Å². The second-order valence-corrected chi connectivity index (χ2v) is 7.61. The number of carboxylic acids is 1. The van der Waals surface area contributed by atoms with Crippen LogP contribution >= 0.6 is 11.3 Å². The monoisotopic (exact) mass is 415 g/mol. The number of aromatic hydroxyl groups is 1. The van der Waals surface area contributed by atoms with Gasteiger partial charge < -0.3 is 24.8 Å². The number of hydrogen-bond acceptors (Lipinski definition) is 7. The van der Waals surface area contributed by atoms with E-state index in [0.29, 0.717) is 29.3 Å². The third kappa shape index (κ3) is 3.59. The van der Waals surface area contributed by atoms with E-state index in [4.69, 9.17) is 9.84 Å². The Morgan fingerprint density at radius 2 is 2.10 bits per heavy atom. The van der Waals surface area contributed by atoms with E-state index in [1.807, 2.05) is 24.3 Å². The number of carbonyl (C=O) groups is 2. The van der Waals surface area contributed by atoms with Crippen molar-refractivity contribution < 1.29 is 24.5 Å². The molecule has 0 saturated carbocycles. The van der Waals surface area contributed by atoms with Crippen LogP contribution in [0.15, 0.2) is 29.1 Å². The number of nitrogens with zero attached hydrogens (tertiary/aromatic N) is 2. The van der Waals surface area contributed by atoms with E-state index in [2.05, 4.69) is 10.3 Å². The van der Waals surface area contributed by atoms with Gasteiger partial charge in [-0.25, -0.2) is 4.98 Å². The average molecular weight is 415 g/mol. The lowest BCUT2D eigenvalue weighted by molar-refractivity contribution is -0.135. The number of aromatic nitrogens is 2. The summed E-state index contributed by atoms with van der Waals surface area (Å²) in [6.07, 6.45) is 0.403. The fraction of sp³-hybridized carbons (Fsp3) is 0.263. The Morgan fingerprint density at radius 3 is 2.86 bits per heavy atom.